The fourth-order valence-electron chi connectivity index (χ4n) is 1.40. The van der Waals surface area contributed by atoms with Crippen LogP contribution in [0, 0.1) is 6.92 Å². The lowest BCUT2D eigenvalue weighted by atomic mass is 10.2. The molecule has 0 aliphatic heterocycles. The topological polar surface area (TPSA) is 37.8 Å². The Morgan fingerprint density at radius 3 is 2.88 bits per heavy atom. The molecular formula is C11H12BrN3S. The molecule has 1 N–H and O–H groups in total. The molecule has 0 fully saturated rings. The van der Waals surface area contributed by atoms with Crippen LogP contribution in [0.2, 0.25) is 0 Å². The van der Waals surface area contributed by atoms with Crippen molar-refractivity contribution in [2.24, 2.45) is 0 Å². The molecule has 0 radical (unpaired) electrons. The molecule has 0 aromatic carbocycles. The zero-order chi connectivity index (χ0) is 11.5. The molecule has 0 saturated carbocycles. The van der Waals surface area contributed by atoms with Gasteiger partial charge in [0.05, 0.1) is 29.1 Å². The Hall–Kier alpha value is -0.940. The van der Waals surface area contributed by atoms with E-state index < -0.39 is 0 Å². The first-order valence-corrected chi connectivity index (χ1v) is 6.67. The predicted octanol–water partition coefficient (Wildman–Crippen LogP) is 3.78. The van der Waals surface area contributed by atoms with E-state index in [9.17, 15) is 0 Å². The number of thiazole rings is 1. The molecule has 0 aliphatic rings. The smallest absolute Gasteiger partial charge is 0.109 e. The number of hydrogen-bond acceptors (Lipinski definition) is 4. The molecule has 1 atom stereocenters. The van der Waals surface area contributed by atoms with Gasteiger partial charge in [0.25, 0.3) is 0 Å². The normalized spacial score (nSPS) is 12.4. The first-order chi connectivity index (χ1) is 7.66. The quantitative estimate of drug-likeness (QED) is 0.876. The molecule has 0 saturated heterocycles. The predicted molar refractivity (Wildman–Crippen MR) is 70.8 cm³/mol. The Balaban J connectivity index is 2.12. The van der Waals surface area contributed by atoms with E-state index in [-0.39, 0.29) is 6.04 Å². The van der Waals surface area contributed by atoms with Crippen LogP contribution in [0.3, 0.4) is 0 Å². The lowest BCUT2D eigenvalue weighted by Gasteiger charge is -2.13. The summed E-state index contributed by atoms with van der Waals surface area (Å²) in [5.74, 6) is 0. The number of aromatic nitrogens is 2. The van der Waals surface area contributed by atoms with Crippen molar-refractivity contribution < 1.29 is 0 Å². The summed E-state index contributed by atoms with van der Waals surface area (Å²) in [6, 6.07) is 2.27. The molecule has 84 valence electrons. The summed E-state index contributed by atoms with van der Waals surface area (Å²) in [6.07, 6.45) is 1.82. The maximum Gasteiger partial charge on any atom is 0.109 e. The molecule has 2 rings (SSSR count). The summed E-state index contributed by atoms with van der Waals surface area (Å²) >= 11 is 4.99. The molecule has 2 aromatic heterocycles. The van der Waals surface area contributed by atoms with Gasteiger partial charge in [-0.25, -0.2) is 9.97 Å². The Morgan fingerprint density at radius 2 is 2.25 bits per heavy atom. The standard InChI is InChI=1S/C11H12BrN3S/c1-7-3-9(4-13-11(7)12)15-8(2)10-5-16-6-14-10/h3-6,8,15H,1-2H3. The van der Waals surface area contributed by atoms with Crippen LogP contribution in [0.15, 0.2) is 27.8 Å². The van der Waals surface area contributed by atoms with E-state index in [1.807, 2.05) is 18.6 Å². The Labute approximate surface area is 107 Å². The summed E-state index contributed by atoms with van der Waals surface area (Å²) in [6.45, 7) is 4.11. The average molecular weight is 298 g/mol. The average Bonchev–Trinajstić information content (AvgIpc) is 2.77. The minimum Gasteiger partial charge on any atom is -0.376 e. The Kier molecular flexibility index (Phi) is 3.56. The highest BCUT2D eigenvalue weighted by atomic mass is 79.9. The van der Waals surface area contributed by atoms with Gasteiger partial charge >= 0.3 is 0 Å². The van der Waals surface area contributed by atoms with Gasteiger partial charge in [-0.2, -0.15) is 0 Å². The molecule has 1 unspecified atom stereocenters. The van der Waals surface area contributed by atoms with Gasteiger partial charge < -0.3 is 5.32 Å². The van der Waals surface area contributed by atoms with Gasteiger partial charge in [-0.3, -0.25) is 0 Å². The number of pyridine rings is 1. The van der Waals surface area contributed by atoms with Gasteiger partial charge in [0.1, 0.15) is 4.60 Å². The summed E-state index contributed by atoms with van der Waals surface area (Å²) in [5, 5.41) is 5.43. The van der Waals surface area contributed by atoms with Crippen molar-refractivity contribution in [2.45, 2.75) is 19.9 Å². The number of halogens is 1. The number of nitrogens with one attached hydrogen (secondary N) is 1. The van der Waals surface area contributed by atoms with Crippen LogP contribution in [0.1, 0.15) is 24.2 Å². The van der Waals surface area contributed by atoms with E-state index in [1.165, 1.54) is 0 Å². The molecule has 2 heterocycles. The van der Waals surface area contributed by atoms with Crippen molar-refractivity contribution in [3.63, 3.8) is 0 Å². The van der Waals surface area contributed by atoms with Crippen molar-refractivity contribution in [1.82, 2.24) is 9.97 Å². The fraction of sp³-hybridized carbons (Fsp3) is 0.273. The van der Waals surface area contributed by atoms with Crippen molar-refractivity contribution in [3.8, 4) is 0 Å². The van der Waals surface area contributed by atoms with Crippen LogP contribution >= 0.6 is 27.3 Å². The number of hydrogen-bond donors (Lipinski definition) is 1. The van der Waals surface area contributed by atoms with Gasteiger partial charge in [-0.15, -0.1) is 11.3 Å². The van der Waals surface area contributed by atoms with Gasteiger partial charge in [0, 0.05) is 5.38 Å². The van der Waals surface area contributed by atoms with Gasteiger partial charge in [-0.1, -0.05) is 0 Å². The van der Waals surface area contributed by atoms with E-state index in [1.54, 1.807) is 11.3 Å². The van der Waals surface area contributed by atoms with Gasteiger partial charge in [0.2, 0.25) is 0 Å². The lowest BCUT2D eigenvalue weighted by Crippen LogP contribution is -2.07. The molecule has 2 aromatic rings. The zero-order valence-corrected chi connectivity index (χ0v) is 11.5. The van der Waals surface area contributed by atoms with E-state index in [4.69, 9.17) is 0 Å². The Bertz CT molecular complexity index is 470. The second kappa shape index (κ2) is 4.93. The minimum absolute atomic E-state index is 0.202. The molecule has 0 spiro atoms. The van der Waals surface area contributed by atoms with Crippen molar-refractivity contribution in [2.75, 3.05) is 5.32 Å². The maximum atomic E-state index is 4.28. The van der Waals surface area contributed by atoms with Gasteiger partial charge in [0.15, 0.2) is 0 Å². The third-order valence-corrected chi connectivity index (χ3v) is 3.73. The molecule has 3 nitrogen and oxygen atoms in total. The summed E-state index contributed by atoms with van der Waals surface area (Å²) < 4.78 is 0.888. The van der Waals surface area contributed by atoms with E-state index in [0.29, 0.717) is 0 Å². The second-order valence-corrected chi connectivity index (χ2v) is 5.08. The third kappa shape index (κ3) is 2.59. The summed E-state index contributed by atoms with van der Waals surface area (Å²) in [7, 11) is 0. The van der Waals surface area contributed by atoms with Crippen LogP contribution in [0.4, 0.5) is 5.69 Å². The van der Waals surface area contributed by atoms with Crippen LogP contribution in [-0.2, 0) is 0 Å². The van der Waals surface area contributed by atoms with Crippen LogP contribution in [0.25, 0.3) is 0 Å². The first kappa shape index (κ1) is 11.5. The largest absolute Gasteiger partial charge is 0.376 e. The number of nitrogens with zero attached hydrogens (tertiary/aromatic N) is 2. The summed E-state index contributed by atoms with van der Waals surface area (Å²) in [4.78, 5) is 8.53. The fourth-order valence-corrected chi connectivity index (χ4v) is 2.26. The third-order valence-electron chi connectivity index (χ3n) is 2.29. The van der Waals surface area contributed by atoms with Gasteiger partial charge in [-0.05, 0) is 41.4 Å². The Morgan fingerprint density at radius 1 is 1.44 bits per heavy atom. The van der Waals surface area contributed by atoms with Crippen molar-refractivity contribution >= 4 is 33.0 Å². The molecule has 16 heavy (non-hydrogen) atoms. The van der Waals surface area contributed by atoms with Crippen LogP contribution in [-0.4, -0.2) is 9.97 Å². The molecular weight excluding hydrogens is 286 g/mol. The van der Waals surface area contributed by atoms with Crippen molar-refractivity contribution in [3.05, 3.63) is 39.0 Å². The van der Waals surface area contributed by atoms with E-state index in [2.05, 4.69) is 49.6 Å². The lowest BCUT2D eigenvalue weighted by molar-refractivity contribution is 0.848. The SMILES string of the molecule is Cc1cc(NC(C)c2cscn2)cnc1Br. The summed E-state index contributed by atoms with van der Waals surface area (Å²) in [5.41, 5.74) is 5.04. The number of rotatable bonds is 3. The highest BCUT2D eigenvalue weighted by Crippen LogP contribution is 2.21. The van der Waals surface area contributed by atoms with E-state index >= 15 is 0 Å². The second-order valence-electron chi connectivity index (χ2n) is 3.61. The molecule has 0 aliphatic carbocycles. The molecule has 0 bridgehead atoms. The minimum atomic E-state index is 0.202. The number of anilines is 1. The molecule has 0 amide bonds. The molecule has 5 heteroatoms. The monoisotopic (exact) mass is 297 g/mol. The van der Waals surface area contributed by atoms with Crippen LogP contribution < -0.4 is 5.32 Å². The number of aryl methyl sites for hydroxylation is 1. The zero-order valence-electron chi connectivity index (χ0n) is 9.07. The van der Waals surface area contributed by atoms with E-state index in [0.717, 1.165) is 21.5 Å². The maximum absolute atomic E-state index is 4.28. The van der Waals surface area contributed by atoms with Crippen molar-refractivity contribution in [1.29, 1.82) is 0 Å². The first-order valence-electron chi connectivity index (χ1n) is 4.93. The van der Waals surface area contributed by atoms with Crippen LogP contribution in [0.5, 0.6) is 0 Å². The highest BCUT2D eigenvalue weighted by molar-refractivity contribution is 9.10. The highest BCUT2D eigenvalue weighted by Gasteiger charge is 2.07.